The van der Waals surface area contributed by atoms with E-state index in [-0.39, 0.29) is 22.5 Å². The number of fused-ring (bicyclic) bond motifs is 1. The maximum absolute atomic E-state index is 12.9. The predicted octanol–water partition coefficient (Wildman–Crippen LogP) is 8.18. The molecule has 0 fully saturated rings. The van der Waals surface area contributed by atoms with E-state index in [2.05, 4.69) is 0 Å². The Hall–Kier alpha value is -4.32. The van der Waals surface area contributed by atoms with Gasteiger partial charge in [0.05, 0.1) is 15.4 Å². The summed E-state index contributed by atoms with van der Waals surface area (Å²) in [6.45, 7) is 0. The molecule has 0 saturated heterocycles. The Morgan fingerprint density at radius 2 is 1.51 bits per heavy atom. The number of carbonyl (C=O) groups is 1. The number of hydrogen-bond acceptors (Lipinski definition) is 5. The van der Waals surface area contributed by atoms with Gasteiger partial charge in [0.2, 0.25) is 11.2 Å². The van der Waals surface area contributed by atoms with Crippen molar-refractivity contribution in [3.8, 4) is 28.4 Å². The van der Waals surface area contributed by atoms with E-state index in [1.165, 1.54) is 30.5 Å². The maximum atomic E-state index is 12.9. The Labute approximate surface area is 222 Å². The Balaban J connectivity index is 1.29. The molecule has 0 aliphatic heterocycles. The molecular weight excluding hydrogens is 511 g/mol. The molecule has 5 nitrogen and oxygen atoms in total. The van der Waals surface area contributed by atoms with Gasteiger partial charge in [-0.25, -0.2) is 4.79 Å². The number of hydrogen-bond donors (Lipinski definition) is 0. The van der Waals surface area contributed by atoms with Gasteiger partial charge in [0.1, 0.15) is 23.3 Å². The van der Waals surface area contributed by atoms with Gasteiger partial charge in [0, 0.05) is 12.1 Å². The van der Waals surface area contributed by atoms with Crippen molar-refractivity contribution in [3.63, 3.8) is 0 Å². The molecule has 0 radical (unpaired) electrons. The highest BCUT2D eigenvalue weighted by Crippen LogP contribution is 2.27. The van der Waals surface area contributed by atoms with Gasteiger partial charge < -0.3 is 13.9 Å². The molecule has 0 spiro atoms. The number of rotatable bonds is 6. The van der Waals surface area contributed by atoms with Crippen molar-refractivity contribution in [1.82, 2.24) is 0 Å². The third kappa shape index (κ3) is 5.75. The van der Waals surface area contributed by atoms with Crippen LogP contribution in [-0.2, 0) is 4.79 Å². The van der Waals surface area contributed by atoms with Crippen LogP contribution < -0.4 is 14.9 Å². The summed E-state index contributed by atoms with van der Waals surface area (Å²) in [6, 6.07) is 26.9. The molecule has 5 aromatic rings. The molecule has 1 aromatic heterocycles. The average molecular weight is 529 g/mol. The molecule has 0 amide bonds. The van der Waals surface area contributed by atoms with E-state index in [0.29, 0.717) is 26.7 Å². The summed E-state index contributed by atoms with van der Waals surface area (Å²) >= 11 is 11.9. The fourth-order valence-corrected chi connectivity index (χ4v) is 3.93. The van der Waals surface area contributed by atoms with E-state index in [1.54, 1.807) is 36.4 Å². The molecule has 0 aliphatic carbocycles. The number of benzene rings is 4. The molecule has 0 bridgehead atoms. The van der Waals surface area contributed by atoms with Crippen LogP contribution in [0.15, 0.2) is 113 Å². The second-order valence-corrected chi connectivity index (χ2v) is 8.82. The van der Waals surface area contributed by atoms with Crippen LogP contribution in [0.3, 0.4) is 0 Å². The Kier molecular flexibility index (Phi) is 7.08. The molecule has 37 heavy (non-hydrogen) atoms. The highest BCUT2D eigenvalue weighted by molar-refractivity contribution is 6.42. The van der Waals surface area contributed by atoms with Crippen LogP contribution in [0.1, 0.15) is 5.56 Å². The van der Waals surface area contributed by atoms with Crippen LogP contribution >= 0.6 is 23.2 Å². The summed E-state index contributed by atoms with van der Waals surface area (Å²) < 4.78 is 16.7. The third-order valence-electron chi connectivity index (χ3n) is 5.48. The zero-order valence-electron chi connectivity index (χ0n) is 19.2. The molecule has 0 unspecified atom stereocenters. The molecule has 5 rings (SSSR count). The summed E-state index contributed by atoms with van der Waals surface area (Å²) in [6.07, 6.45) is 4.06. The van der Waals surface area contributed by atoms with E-state index in [1.807, 2.05) is 42.5 Å². The second kappa shape index (κ2) is 10.7. The summed E-state index contributed by atoms with van der Waals surface area (Å²) in [4.78, 5) is 25.2. The van der Waals surface area contributed by atoms with Crippen molar-refractivity contribution in [1.29, 1.82) is 0 Å². The number of carbonyl (C=O) groups excluding carboxylic acids is 1. The normalized spacial score (nSPS) is 11.1. The van der Waals surface area contributed by atoms with Crippen molar-refractivity contribution in [2.75, 3.05) is 0 Å². The van der Waals surface area contributed by atoms with Crippen LogP contribution in [0.2, 0.25) is 10.0 Å². The summed E-state index contributed by atoms with van der Waals surface area (Å²) in [5.74, 6) is 0.177. The molecule has 4 aromatic carbocycles. The molecule has 0 aliphatic rings. The predicted molar refractivity (Wildman–Crippen MR) is 146 cm³/mol. The summed E-state index contributed by atoms with van der Waals surface area (Å²) in [5.41, 5.74) is 2.73. The van der Waals surface area contributed by atoms with Crippen LogP contribution in [0.5, 0.6) is 17.2 Å². The van der Waals surface area contributed by atoms with Crippen molar-refractivity contribution < 1.29 is 18.7 Å². The monoisotopic (exact) mass is 528 g/mol. The van der Waals surface area contributed by atoms with Gasteiger partial charge in [-0.05, 0) is 59.2 Å². The largest absolute Gasteiger partial charge is 0.460 e. The molecule has 1 heterocycles. The lowest BCUT2D eigenvalue weighted by Crippen LogP contribution is -2.06. The quantitative estimate of drug-likeness (QED) is 0.126. The van der Waals surface area contributed by atoms with Crippen LogP contribution in [0.4, 0.5) is 0 Å². The smallest absolute Gasteiger partial charge is 0.336 e. The minimum Gasteiger partial charge on any atom is -0.460 e. The van der Waals surface area contributed by atoms with Gasteiger partial charge in [-0.1, -0.05) is 71.7 Å². The first-order valence-corrected chi connectivity index (χ1v) is 12.0. The summed E-state index contributed by atoms with van der Waals surface area (Å²) in [7, 11) is 0. The van der Waals surface area contributed by atoms with Gasteiger partial charge in [-0.15, -0.1) is 0 Å². The minimum absolute atomic E-state index is 0.0502. The molecule has 0 N–H and O–H groups in total. The van der Waals surface area contributed by atoms with Crippen molar-refractivity contribution in [2.24, 2.45) is 0 Å². The Morgan fingerprint density at radius 1 is 0.784 bits per heavy atom. The first-order valence-electron chi connectivity index (χ1n) is 11.2. The highest BCUT2D eigenvalue weighted by atomic mass is 35.5. The Bertz CT molecular complexity index is 1670. The van der Waals surface area contributed by atoms with Crippen LogP contribution in [0.25, 0.3) is 28.2 Å². The molecule has 0 atom stereocenters. The van der Waals surface area contributed by atoms with Crippen LogP contribution in [-0.4, -0.2) is 5.97 Å². The number of esters is 1. The molecular formula is C30H18Cl2O5. The number of halogens is 2. The van der Waals surface area contributed by atoms with Crippen molar-refractivity contribution >= 4 is 46.2 Å². The first-order chi connectivity index (χ1) is 18.0. The third-order valence-corrected chi connectivity index (χ3v) is 6.22. The second-order valence-electron chi connectivity index (χ2n) is 8.01. The van der Waals surface area contributed by atoms with E-state index in [4.69, 9.17) is 37.1 Å². The molecule has 7 heteroatoms. The van der Waals surface area contributed by atoms with Gasteiger partial charge in [-0.3, -0.25) is 4.79 Å². The van der Waals surface area contributed by atoms with Crippen molar-refractivity contribution in [3.05, 3.63) is 129 Å². The van der Waals surface area contributed by atoms with E-state index in [0.717, 1.165) is 11.1 Å². The topological polar surface area (TPSA) is 65.7 Å². The fourth-order valence-electron chi connectivity index (χ4n) is 3.63. The highest BCUT2D eigenvalue weighted by Gasteiger charge is 2.12. The van der Waals surface area contributed by atoms with E-state index >= 15 is 0 Å². The lowest BCUT2D eigenvalue weighted by molar-refractivity contribution is -0.128. The fraction of sp³-hybridized carbons (Fsp3) is 0. The van der Waals surface area contributed by atoms with Gasteiger partial charge in [-0.2, -0.15) is 0 Å². The van der Waals surface area contributed by atoms with Gasteiger partial charge in [0.25, 0.3) is 0 Å². The van der Waals surface area contributed by atoms with Crippen molar-refractivity contribution in [2.45, 2.75) is 0 Å². The molecule has 0 saturated carbocycles. The summed E-state index contributed by atoms with van der Waals surface area (Å²) in [5, 5.41) is 1.10. The van der Waals surface area contributed by atoms with Gasteiger partial charge in [0.15, 0.2) is 0 Å². The number of ether oxygens (including phenoxy) is 2. The maximum Gasteiger partial charge on any atom is 0.336 e. The first kappa shape index (κ1) is 24.4. The van der Waals surface area contributed by atoms with Crippen LogP contribution in [0, 0.1) is 0 Å². The average Bonchev–Trinajstić information content (AvgIpc) is 2.92. The van der Waals surface area contributed by atoms with E-state index in [9.17, 15) is 9.59 Å². The minimum atomic E-state index is -0.605. The molecule has 182 valence electrons. The Morgan fingerprint density at radius 3 is 2.27 bits per heavy atom. The zero-order chi connectivity index (χ0) is 25.8. The van der Waals surface area contributed by atoms with E-state index < -0.39 is 5.97 Å². The lowest BCUT2D eigenvalue weighted by atomic mass is 10.1. The zero-order valence-corrected chi connectivity index (χ0v) is 20.7. The lowest BCUT2D eigenvalue weighted by Gasteiger charge is -2.08. The standard InChI is InChI=1S/C30H18Cl2O5/c31-25-14-6-19(16-26(25)32)7-15-29(33)37-23-12-13-24-27(17-23)35-18-28(30(24)34)36-22-10-8-21(9-11-22)20-4-2-1-3-5-20/h1-18H. The van der Waals surface area contributed by atoms with Gasteiger partial charge >= 0.3 is 5.97 Å². The SMILES string of the molecule is O=C(C=Cc1ccc(Cl)c(Cl)c1)Oc1ccc2c(=O)c(Oc3ccc(-c4ccccc4)cc3)coc2c1.